The van der Waals surface area contributed by atoms with Crippen LogP contribution in [0.15, 0.2) is 84.2 Å². The quantitative estimate of drug-likeness (QED) is 0.617. The topological polar surface area (TPSA) is 23.6 Å². The second-order valence-electron chi connectivity index (χ2n) is 9.25. The van der Waals surface area contributed by atoms with Gasteiger partial charge in [-0.1, -0.05) is 70.2 Å². The summed E-state index contributed by atoms with van der Waals surface area (Å²) in [6.45, 7) is 8.80. The zero-order valence-electron chi connectivity index (χ0n) is 18.7. The van der Waals surface area contributed by atoms with Crippen molar-refractivity contribution in [3.05, 3.63) is 95.4 Å². The van der Waals surface area contributed by atoms with Crippen LogP contribution in [0, 0.1) is 0 Å². The first kappa shape index (κ1) is 20.2. The van der Waals surface area contributed by atoms with Gasteiger partial charge in [0, 0.05) is 53.8 Å². The molecule has 154 valence electrons. The van der Waals surface area contributed by atoms with Crippen LogP contribution in [0.1, 0.15) is 38.8 Å². The van der Waals surface area contributed by atoms with Gasteiger partial charge in [0.1, 0.15) is 0 Å². The zero-order chi connectivity index (χ0) is 21.7. The minimum Gasteiger partial charge on any atom is -0.347 e. The van der Waals surface area contributed by atoms with Gasteiger partial charge in [-0.3, -0.25) is 4.79 Å². The number of allylic oxidation sites excluding steroid dienone is 6. The predicted molar refractivity (Wildman–Crippen MR) is 126 cm³/mol. The number of carbonyl (C=O) groups excluding carboxylic acids is 1. The lowest BCUT2D eigenvalue weighted by Crippen LogP contribution is -2.23. The van der Waals surface area contributed by atoms with Crippen LogP contribution in [0.3, 0.4) is 0 Å². The second-order valence-corrected chi connectivity index (χ2v) is 9.25. The van der Waals surface area contributed by atoms with Crippen LogP contribution in [0.2, 0.25) is 0 Å². The van der Waals surface area contributed by atoms with Crippen LogP contribution < -0.4 is 9.80 Å². The summed E-state index contributed by atoms with van der Waals surface area (Å²) in [5, 5.41) is 0. The van der Waals surface area contributed by atoms with Crippen LogP contribution in [-0.2, 0) is 15.6 Å². The number of rotatable bonds is 3. The molecule has 30 heavy (non-hydrogen) atoms. The fraction of sp³-hybridized carbons (Fsp3) is 0.296. The van der Waals surface area contributed by atoms with Crippen LogP contribution in [-0.4, -0.2) is 19.9 Å². The van der Waals surface area contributed by atoms with E-state index in [1.165, 1.54) is 28.2 Å². The number of anilines is 2. The smallest absolute Gasteiger partial charge is 0.180 e. The van der Waals surface area contributed by atoms with E-state index in [-0.39, 0.29) is 16.6 Å². The summed E-state index contributed by atoms with van der Waals surface area (Å²) in [6.07, 6.45) is 7.38. The van der Waals surface area contributed by atoms with E-state index in [2.05, 4.69) is 93.1 Å². The molecular weight excluding hydrogens is 368 g/mol. The first-order chi connectivity index (χ1) is 14.2. The summed E-state index contributed by atoms with van der Waals surface area (Å²) in [4.78, 5) is 17.1. The number of para-hydroxylation sites is 2. The maximum absolute atomic E-state index is 12.8. The lowest BCUT2D eigenvalue weighted by atomic mass is 9.83. The normalized spacial score (nSPS) is 21.5. The summed E-state index contributed by atoms with van der Waals surface area (Å²) >= 11 is 0. The minimum absolute atomic E-state index is 0.00514. The molecule has 0 radical (unpaired) electrons. The SMILES string of the molecule is CN1/C(=C/C=C/C(=O)/C=C2/N(C)c3ccccc3C2(C)C)C(C)(C)c2ccccc21. The fourth-order valence-corrected chi connectivity index (χ4v) is 4.98. The van der Waals surface area contributed by atoms with Crippen LogP contribution in [0.25, 0.3) is 0 Å². The molecule has 2 aliphatic heterocycles. The molecular formula is C27H30N2O. The molecule has 2 aromatic rings. The lowest BCUT2D eigenvalue weighted by molar-refractivity contribution is -0.110. The summed E-state index contributed by atoms with van der Waals surface area (Å²) in [5.41, 5.74) is 6.89. The Kier molecular flexibility index (Phi) is 4.73. The molecule has 0 aromatic heterocycles. The Morgan fingerprint density at radius 1 is 0.767 bits per heavy atom. The van der Waals surface area contributed by atoms with Gasteiger partial charge in [0.15, 0.2) is 5.78 Å². The number of hydrogen-bond donors (Lipinski definition) is 0. The Labute approximate surface area is 180 Å². The number of likely N-dealkylation sites (N-methyl/N-ethyl adjacent to an activating group) is 2. The maximum atomic E-state index is 12.8. The van der Waals surface area contributed by atoms with Crippen molar-refractivity contribution in [1.82, 2.24) is 0 Å². The molecule has 0 unspecified atom stereocenters. The van der Waals surface area contributed by atoms with Gasteiger partial charge < -0.3 is 9.80 Å². The first-order valence-electron chi connectivity index (χ1n) is 10.5. The van der Waals surface area contributed by atoms with Crippen molar-refractivity contribution < 1.29 is 4.79 Å². The van der Waals surface area contributed by atoms with Gasteiger partial charge in [-0.2, -0.15) is 0 Å². The van der Waals surface area contributed by atoms with Crippen molar-refractivity contribution in [2.45, 2.75) is 38.5 Å². The van der Waals surface area contributed by atoms with Gasteiger partial charge in [0.2, 0.25) is 0 Å². The second kappa shape index (κ2) is 7.02. The number of hydrogen-bond acceptors (Lipinski definition) is 3. The van der Waals surface area contributed by atoms with E-state index < -0.39 is 0 Å². The highest BCUT2D eigenvalue weighted by molar-refractivity contribution is 6.01. The van der Waals surface area contributed by atoms with Crippen molar-refractivity contribution in [1.29, 1.82) is 0 Å². The highest BCUT2D eigenvalue weighted by Crippen LogP contribution is 2.47. The number of fused-ring (bicyclic) bond motifs is 2. The van der Waals surface area contributed by atoms with E-state index in [1.54, 1.807) is 12.2 Å². The molecule has 0 N–H and O–H groups in total. The fourth-order valence-electron chi connectivity index (χ4n) is 4.98. The molecule has 0 aliphatic carbocycles. The molecule has 0 bridgehead atoms. The lowest BCUT2D eigenvalue weighted by Gasteiger charge is -2.24. The first-order valence-corrected chi connectivity index (χ1v) is 10.5. The zero-order valence-corrected chi connectivity index (χ0v) is 18.7. The summed E-state index contributed by atoms with van der Waals surface area (Å²) in [7, 11) is 4.12. The molecule has 0 atom stereocenters. The average molecular weight is 399 g/mol. The summed E-state index contributed by atoms with van der Waals surface area (Å²) < 4.78 is 0. The third-order valence-corrected chi connectivity index (χ3v) is 6.67. The third kappa shape index (κ3) is 3.00. The van der Waals surface area contributed by atoms with Crippen molar-refractivity contribution in [3.63, 3.8) is 0 Å². The third-order valence-electron chi connectivity index (χ3n) is 6.67. The standard InChI is InChI=1S/C27H30N2O/c1-26(2)20-13-7-9-15-22(20)28(5)24(26)17-11-12-19(30)18-25-27(3,4)21-14-8-10-16-23(21)29(25)6/h7-18H,1-6H3/b12-11+,24-17+,25-18+. The Hall–Kier alpha value is -3.07. The molecule has 4 rings (SSSR count). The maximum Gasteiger partial charge on any atom is 0.180 e. The van der Waals surface area contributed by atoms with Gasteiger partial charge >= 0.3 is 0 Å². The predicted octanol–water partition coefficient (Wildman–Crippen LogP) is 5.73. The minimum atomic E-state index is -0.192. The van der Waals surface area contributed by atoms with Crippen LogP contribution >= 0.6 is 0 Å². The molecule has 3 nitrogen and oxygen atoms in total. The van der Waals surface area contributed by atoms with Gasteiger partial charge in [-0.05, 0) is 35.4 Å². The highest BCUT2D eigenvalue weighted by atomic mass is 16.1. The van der Waals surface area contributed by atoms with Crippen LogP contribution in [0.5, 0.6) is 0 Å². The largest absolute Gasteiger partial charge is 0.347 e. The van der Waals surface area contributed by atoms with Gasteiger partial charge in [0.25, 0.3) is 0 Å². The van der Waals surface area contributed by atoms with Crippen molar-refractivity contribution in [2.24, 2.45) is 0 Å². The molecule has 0 saturated carbocycles. The summed E-state index contributed by atoms with van der Waals surface area (Å²) in [6, 6.07) is 16.8. The number of carbonyl (C=O) groups is 1. The van der Waals surface area contributed by atoms with E-state index in [0.29, 0.717) is 0 Å². The Balaban J connectivity index is 1.59. The number of ketones is 1. The Morgan fingerprint density at radius 3 is 1.77 bits per heavy atom. The van der Waals surface area contributed by atoms with E-state index in [1.807, 2.05) is 19.2 Å². The molecule has 3 heteroatoms. The average Bonchev–Trinajstić information content (AvgIpc) is 3.03. The molecule has 0 saturated heterocycles. The van der Waals surface area contributed by atoms with Crippen LogP contribution in [0.4, 0.5) is 11.4 Å². The van der Waals surface area contributed by atoms with Crippen molar-refractivity contribution in [3.8, 4) is 0 Å². The van der Waals surface area contributed by atoms with E-state index in [0.717, 1.165) is 5.70 Å². The molecule has 2 aromatic carbocycles. The molecule has 2 heterocycles. The molecule has 0 spiro atoms. The van der Waals surface area contributed by atoms with E-state index >= 15 is 0 Å². The molecule has 0 amide bonds. The van der Waals surface area contributed by atoms with Crippen molar-refractivity contribution in [2.75, 3.05) is 23.9 Å². The van der Waals surface area contributed by atoms with Crippen molar-refractivity contribution >= 4 is 17.2 Å². The van der Waals surface area contributed by atoms with Gasteiger partial charge in [-0.25, -0.2) is 0 Å². The highest BCUT2D eigenvalue weighted by Gasteiger charge is 2.39. The Bertz CT molecular complexity index is 1100. The number of benzene rings is 2. The van der Waals surface area contributed by atoms with E-state index in [9.17, 15) is 4.79 Å². The molecule has 2 aliphatic rings. The number of nitrogens with zero attached hydrogens (tertiary/aromatic N) is 2. The van der Waals surface area contributed by atoms with Gasteiger partial charge in [-0.15, -0.1) is 0 Å². The molecule has 0 fully saturated rings. The Morgan fingerprint density at radius 2 is 1.23 bits per heavy atom. The monoisotopic (exact) mass is 398 g/mol. The van der Waals surface area contributed by atoms with E-state index in [4.69, 9.17) is 0 Å². The summed E-state index contributed by atoms with van der Waals surface area (Å²) in [5.74, 6) is 0.00514. The van der Waals surface area contributed by atoms with Gasteiger partial charge in [0.05, 0.1) is 0 Å².